The number of amides is 1. The number of nitrogens with zero attached hydrogens (tertiary/aromatic N) is 2. The maximum absolute atomic E-state index is 12.1. The third kappa shape index (κ3) is 5.89. The molecule has 1 heterocycles. The number of thiazole rings is 1. The zero-order chi connectivity index (χ0) is 18.2. The van der Waals surface area contributed by atoms with Crippen molar-refractivity contribution >= 4 is 40.7 Å². The number of hydrogen-bond acceptors (Lipinski definition) is 7. The monoisotopic (exact) mass is 375 g/mol. The summed E-state index contributed by atoms with van der Waals surface area (Å²) in [6.07, 6.45) is -0.943. The summed E-state index contributed by atoms with van der Waals surface area (Å²) in [5, 5.41) is 14.6. The lowest BCUT2D eigenvalue weighted by atomic mass is 10.2. The molecule has 0 saturated carbocycles. The van der Waals surface area contributed by atoms with Crippen LogP contribution in [0.5, 0.6) is 0 Å². The minimum absolute atomic E-state index is 0.142. The molecule has 0 radical (unpaired) electrons. The van der Waals surface area contributed by atoms with E-state index < -0.39 is 18.0 Å². The Morgan fingerprint density at radius 3 is 2.88 bits per heavy atom. The van der Waals surface area contributed by atoms with E-state index in [4.69, 9.17) is 10.00 Å². The van der Waals surface area contributed by atoms with Crippen LogP contribution in [0.3, 0.4) is 0 Å². The number of carbonyl (C=O) groups is 2. The van der Waals surface area contributed by atoms with Crippen LogP contribution in [-0.4, -0.2) is 28.7 Å². The van der Waals surface area contributed by atoms with Crippen LogP contribution in [0.2, 0.25) is 0 Å². The number of thioether (sulfide) groups is 1. The van der Waals surface area contributed by atoms with Crippen molar-refractivity contribution in [1.29, 1.82) is 5.26 Å². The maximum Gasteiger partial charge on any atom is 0.316 e. The van der Waals surface area contributed by atoms with Gasteiger partial charge < -0.3 is 10.1 Å². The van der Waals surface area contributed by atoms with Gasteiger partial charge in [0, 0.05) is 11.1 Å². The Bertz CT molecular complexity index is 798. The van der Waals surface area contributed by atoms with Crippen molar-refractivity contribution in [2.45, 2.75) is 25.7 Å². The molecular weight excluding hydrogens is 358 g/mol. The average molecular weight is 375 g/mol. The van der Waals surface area contributed by atoms with Crippen molar-refractivity contribution in [3.8, 4) is 6.07 Å². The quantitative estimate of drug-likeness (QED) is 0.748. The van der Waals surface area contributed by atoms with Gasteiger partial charge in [-0.05, 0) is 26.0 Å². The van der Waals surface area contributed by atoms with Gasteiger partial charge in [0.05, 0.1) is 27.7 Å². The van der Waals surface area contributed by atoms with Crippen molar-refractivity contribution in [3.63, 3.8) is 0 Å². The molecule has 0 fully saturated rings. The van der Waals surface area contributed by atoms with E-state index in [1.807, 2.05) is 18.4 Å². The molecule has 1 atom stereocenters. The van der Waals surface area contributed by atoms with Crippen LogP contribution in [0.25, 0.3) is 0 Å². The van der Waals surface area contributed by atoms with Crippen LogP contribution in [0.1, 0.15) is 23.2 Å². The lowest BCUT2D eigenvalue weighted by Crippen LogP contribution is -2.30. The van der Waals surface area contributed by atoms with Gasteiger partial charge in [-0.25, -0.2) is 4.98 Å². The van der Waals surface area contributed by atoms with E-state index in [2.05, 4.69) is 10.3 Å². The Morgan fingerprint density at radius 2 is 2.20 bits per heavy atom. The first-order valence-corrected chi connectivity index (χ1v) is 9.51. The molecule has 2 rings (SSSR count). The molecule has 25 heavy (non-hydrogen) atoms. The molecule has 0 saturated heterocycles. The van der Waals surface area contributed by atoms with E-state index in [0.29, 0.717) is 17.0 Å². The Balaban J connectivity index is 1.78. The highest BCUT2D eigenvalue weighted by Crippen LogP contribution is 2.16. The summed E-state index contributed by atoms with van der Waals surface area (Å²) < 4.78 is 5.13. The molecule has 2 aromatic rings. The number of nitriles is 1. The fourth-order valence-electron chi connectivity index (χ4n) is 1.92. The van der Waals surface area contributed by atoms with E-state index >= 15 is 0 Å². The number of para-hydroxylation sites is 1. The first kappa shape index (κ1) is 19.0. The highest BCUT2D eigenvalue weighted by atomic mass is 32.2. The molecule has 6 nitrogen and oxygen atoms in total. The number of aromatic nitrogens is 1. The molecule has 0 aliphatic rings. The summed E-state index contributed by atoms with van der Waals surface area (Å²) in [7, 11) is 0. The van der Waals surface area contributed by atoms with Crippen LogP contribution < -0.4 is 5.32 Å². The number of ether oxygens (including phenoxy) is 1. The number of rotatable bonds is 7. The molecule has 0 bridgehead atoms. The van der Waals surface area contributed by atoms with Gasteiger partial charge in [-0.1, -0.05) is 12.1 Å². The summed E-state index contributed by atoms with van der Waals surface area (Å²) in [6, 6.07) is 8.64. The number of esters is 1. The lowest BCUT2D eigenvalue weighted by Gasteiger charge is -2.14. The van der Waals surface area contributed by atoms with E-state index in [1.165, 1.54) is 18.7 Å². The molecule has 1 aromatic carbocycles. The van der Waals surface area contributed by atoms with Gasteiger partial charge in [0.1, 0.15) is 6.07 Å². The largest absolute Gasteiger partial charge is 0.452 e. The van der Waals surface area contributed by atoms with Crippen LogP contribution in [0.15, 0.2) is 29.6 Å². The standard InChI is InChI=1S/C17H17N3O3S2/c1-11(17(22)20-15-6-4-3-5-13(15)7-18)23-16(21)10-24-8-14-9-25-12(2)19-14/h3-6,9,11H,8,10H2,1-2H3,(H,20,22)/t11-/m1/s1. The predicted octanol–water partition coefficient (Wildman–Crippen LogP) is 3.13. The van der Waals surface area contributed by atoms with Crippen LogP contribution in [0, 0.1) is 18.3 Å². The smallest absolute Gasteiger partial charge is 0.316 e. The van der Waals surface area contributed by atoms with Gasteiger partial charge in [0.25, 0.3) is 5.91 Å². The summed E-state index contributed by atoms with van der Waals surface area (Å²) in [6.45, 7) is 3.43. The summed E-state index contributed by atoms with van der Waals surface area (Å²) in [5.74, 6) is -0.178. The van der Waals surface area contributed by atoms with Crippen molar-refractivity contribution in [3.05, 3.63) is 45.9 Å². The van der Waals surface area contributed by atoms with Crippen LogP contribution in [0.4, 0.5) is 5.69 Å². The van der Waals surface area contributed by atoms with Gasteiger partial charge in [0.15, 0.2) is 6.10 Å². The topological polar surface area (TPSA) is 92.1 Å². The second kappa shape index (κ2) is 9.20. The van der Waals surface area contributed by atoms with Crippen LogP contribution in [-0.2, 0) is 20.1 Å². The minimum atomic E-state index is -0.943. The molecular formula is C17H17N3O3S2. The van der Waals surface area contributed by atoms with Crippen molar-refractivity contribution < 1.29 is 14.3 Å². The van der Waals surface area contributed by atoms with E-state index in [-0.39, 0.29) is 5.75 Å². The van der Waals surface area contributed by atoms with Gasteiger partial charge in [0.2, 0.25) is 0 Å². The second-order valence-corrected chi connectivity index (χ2v) is 7.18. The first-order chi connectivity index (χ1) is 12.0. The molecule has 0 aliphatic heterocycles. The number of anilines is 1. The summed E-state index contributed by atoms with van der Waals surface area (Å²) in [4.78, 5) is 28.3. The maximum atomic E-state index is 12.1. The van der Waals surface area contributed by atoms with Crippen molar-refractivity contribution in [2.75, 3.05) is 11.1 Å². The average Bonchev–Trinajstić information content (AvgIpc) is 3.00. The number of benzene rings is 1. The molecule has 130 valence electrons. The zero-order valence-electron chi connectivity index (χ0n) is 13.8. The zero-order valence-corrected chi connectivity index (χ0v) is 15.4. The van der Waals surface area contributed by atoms with Gasteiger partial charge in [-0.3, -0.25) is 9.59 Å². The molecule has 0 unspecified atom stereocenters. The molecule has 1 N–H and O–H groups in total. The number of nitrogens with one attached hydrogen (secondary N) is 1. The van der Waals surface area contributed by atoms with Crippen LogP contribution >= 0.6 is 23.1 Å². The van der Waals surface area contributed by atoms with Crippen molar-refractivity contribution in [2.24, 2.45) is 0 Å². The number of hydrogen-bond donors (Lipinski definition) is 1. The summed E-state index contributed by atoms with van der Waals surface area (Å²) >= 11 is 2.95. The van der Waals surface area contributed by atoms with Gasteiger partial charge >= 0.3 is 5.97 Å². The fourth-order valence-corrected chi connectivity index (χ4v) is 3.33. The van der Waals surface area contributed by atoms with Crippen molar-refractivity contribution in [1.82, 2.24) is 4.98 Å². The van der Waals surface area contributed by atoms with E-state index in [9.17, 15) is 9.59 Å². The molecule has 1 aromatic heterocycles. The fraction of sp³-hybridized carbons (Fsp3) is 0.294. The van der Waals surface area contributed by atoms with E-state index in [1.54, 1.807) is 35.6 Å². The Hall–Kier alpha value is -2.37. The van der Waals surface area contributed by atoms with Gasteiger partial charge in [-0.2, -0.15) is 5.26 Å². The van der Waals surface area contributed by atoms with Gasteiger partial charge in [-0.15, -0.1) is 23.1 Å². The van der Waals surface area contributed by atoms with E-state index in [0.717, 1.165) is 10.7 Å². The molecule has 8 heteroatoms. The molecule has 0 spiro atoms. The highest BCUT2D eigenvalue weighted by Gasteiger charge is 2.19. The SMILES string of the molecule is Cc1nc(CSCC(=O)O[C@H](C)C(=O)Nc2ccccc2C#N)cs1. The Morgan fingerprint density at radius 1 is 1.44 bits per heavy atom. The predicted molar refractivity (Wildman–Crippen MR) is 98.4 cm³/mol. The first-order valence-electron chi connectivity index (χ1n) is 7.48. The lowest BCUT2D eigenvalue weighted by molar-refractivity contribution is -0.150. The Labute approximate surface area is 154 Å². The molecule has 1 amide bonds. The third-order valence-corrected chi connectivity index (χ3v) is 4.88. The number of aryl methyl sites for hydroxylation is 1. The normalized spacial score (nSPS) is 11.4. The minimum Gasteiger partial charge on any atom is -0.452 e. The molecule has 0 aliphatic carbocycles. The third-order valence-electron chi connectivity index (χ3n) is 3.12. The summed E-state index contributed by atoms with van der Waals surface area (Å²) in [5.41, 5.74) is 1.67. The Kier molecular flexibility index (Phi) is 6.98. The highest BCUT2D eigenvalue weighted by molar-refractivity contribution is 7.99. The number of carbonyl (C=O) groups excluding carboxylic acids is 2. The second-order valence-electron chi connectivity index (χ2n) is 5.13.